The maximum atomic E-state index is 12.7. The smallest absolute Gasteiger partial charge is 0.284 e. The predicted molar refractivity (Wildman–Crippen MR) is 65.5 cm³/mol. The van der Waals surface area contributed by atoms with Gasteiger partial charge in [0.25, 0.3) is 5.91 Å². The lowest BCUT2D eigenvalue weighted by Gasteiger charge is -2.21. The van der Waals surface area contributed by atoms with Crippen molar-refractivity contribution in [2.45, 2.75) is 39.4 Å². The highest BCUT2D eigenvalue weighted by Gasteiger charge is 2.18. The van der Waals surface area contributed by atoms with Gasteiger partial charge in [0, 0.05) is 0 Å². The average Bonchev–Trinajstić information content (AvgIpc) is 2.28. The van der Waals surface area contributed by atoms with Gasteiger partial charge in [-0.25, -0.2) is 9.87 Å². The first kappa shape index (κ1) is 14.4. The molecular formula is C13H18FNO3. The first-order valence-corrected chi connectivity index (χ1v) is 5.68. The fourth-order valence-corrected chi connectivity index (χ4v) is 1.06. The normalized spacial score (nSPS) is 12.9. The van der Waals surface area contributed by atoms with Gasteiger partial charge in [0.2, 0.25) is 0 Å². The lowest BCUT2D eigenvalue weighted by Crippen LogP contribution is -2.40. The van der Waals surface area contributed by atoms with Gasteiger partial charge in [-0.1, -0.05) is 0 Å². The van der Waals surface area contributed by atoms with Crippen LogP contribution >= 0.6 is 0 Å². The Hall–Kier alpha value is -1.62. The van der Waals surface area contributed by atoms with Crippen LogP contribution in [0.2, 0.25) is 0 Å². The maximum Gasteiger partial charge on any atom is 0.284 e. The zero-order valence-electron chi connectivity index (χ0n) is 11.0. The van der Waals surface area contributed by atoms with Crippen molar-refractivity contribution >= 4 is 5.91 Å². The Morgan fingerprint density at radius 3 is 2.33 bits per heavy atom. The molecule has 1 unspecified atom stereocenters. The highest BCUT2D eigenvalue weighted by atomic mass is 19.1. The molecule has 1 amide bonds. The van der Waals surface area contributed by atoms with Crippen molar-refractivity contribution in [1.82, 2.24) is 5.48 Å². The molecule has 4 nitrogen and oxygen atoms in total. The molecule has 100 valence electrons. The number of hydroxylamine groups is 1. The van der Waals surface area contributed by atoms with Crippen LogP contribution in [0.25, 0.3) is 0 Å². The Morgan fingerprint density at radius 2 is 1.83 bits per heavy atom. The van der Waals surface area contributed by atoms with E-state index in [1.807, 2.05) is 20.8 Å². The Balaban J connectivity index is 2.47. The summed E-state index contributed by atoms with van der Waals surface area (Å²) in [7, 11) is 0. The fourth-order valence-electron chi connectivity index (χ4n) is 1.06. The van der Waals surface area contributed by atoms with Crippen LogP contribution in [0.3, 0.4) is 0 Å². The summed E-state index contributed by atoms with van der Waals surface area (Å²) < 4.78 is 18.0. The molecule has 0 spiro atoms. The van der Waals surface area contributed by atoms with Crippen LogP contribution < -0.4 is 10.2 Å². The largest absolute Gasteiger partial charge is 0.481 e. The number of carbonyl (C=O) groups excluding carboxylic acids is 1. The maximum absolute atomic E-state index is 12.7. The van der Waals surface area contributed by atoms with Crippen molar-refractivity contribution in [3.05, 3.63) is 30.1 Å². The molecule has 0 saturated carbocycles. The number of rotatable bonds is 4. The van der Waals surface area contributed by atoms with Crippen LogP contribution in [0.4, 0.5) is 4.39 Å². The summed E-state index contributed by atoms with van der Waals surface area (Å²) >= 11 is 0. The minimum atomic E-state index is -0.724. The second kappa shape index (κ2) is 5.82. The highest BCUT2D eigenvalue weighted by Crippen LogP contribution is 2.13. The second-order valence-corrected chi connectivity index (χ2v) is 4.89. The molecule has 0 aliphatic carbocycles. The molecule has 1 aromatic rings. The van der Waals surface area contributed by atoms with E-state index in [1.165, 1.54) is 24.3 Å². The van der Waals surface area contributed by atoms with Crippen LogP contribution in [-0.4, -0.2) is 17.6 Å². The first-order valence-electron chi connectivity index (χ1n) is 5.68. The first-order chi connectivity index (χ1) is 8.28. The van der Waals surface area contributed by atoms with Crippen LogP contribution in [-0.2, 0) is 9.63 Å². The van der Waals surface area contributed by atoms with Gasteiger partial charge in [0.1, 0.15) is 11.6 Å². The lowest BCUT2D eigenvalue weighted by molar-refractivity contribution is -0.151. The molecule has 1 atom stereocenters. The third-order valence-electron chi connectivity index (χ3n) is 1.95. The summed E-state index contributed by atoms with van der Waals surface area (Å²) in [4.78, 5) is 16.8. The van der Waals surface area contributed by atoms with E-state index in [9.17, 15) is 9.18 Å². The zero-order valence-corrected chi connectivity index (χ0v) is 11.0. The summed E-state index contributed by atoms with van der Waals surface area (Å²) in [6.07, 6.45) is -0.724. The number of halogens is 1. The second-order valence-electron chi connectivity index (χ2n) is 4.89. The van der Waals surface area contributed by atoms with Crippen LogP contribution in [0.1, 0.15) is 27.7 Å². The molecule has 0 aliphatic rings. The summed E-state index contributed by atoms with van der Waals surface area (Å²) in [6.45, 7) is 7.04. The molecule has 1 aromatic carbocycles. The summed E-state index contributed by atoms with van der Waals surface area (Å²) in [6, 6.07) is 5.46. The lowest BCUT2D eigenvalue weighted by atomic mass is 10.2. The molecule has 0 radical (unpaired) electrons. The Kier molecular flexibility index (Phi) is 4.67. The van der Waals surface area contributed by atoms with Gasteiger partial charge in [-0.15, -0.1) is 0 Å². The SMILES string of the molecule is CC(Oc1ccc(F)cc1)C(=O)NOC(C)(C)C. The molecule has 18 heavy (non-hydrogen) atoms. The number of ether oxygens (including phenoxy) is 1. The standard InChI is InChI=1S/C13H18FNO3/c1-9(12(16)15-18-13(2,3)4)17-11-7-5-10(14)6-8-11/h5-9H,1-4H3,(H,15,16). The van der Waals surface area contributed by atoms with Crippen LogP contribution in [0, 0.1) is 5.82 Å². The minimum absolute atomic E-state index is 0.351. The van der Waals surface area contributed by atoms with Crippen molar-refractivity contribution < 1.29 is 18.8 Å². The molecule has 0 aliphatic heterocycles. The molecule has 0 bridgehead atoms. The molecule has 1 rings (SSSR count). The van der Waals surface area contributed by atoms with Crippen LogP contribution in [0.15, 0.2) is 24.3 Å². The molecule has 0 aromatic heterocycles. The van der Waals surface area contributed by atoms with Gasteiger partial charge >= 0.3 is 0 Å². The van der Waals surface area contributed by atoms with E-state index in [0.717, 1.165) is 0 Å². The Labute approximate surface area is 106 Å². The van der Waals surface area contributed by atoms with Gasteiger partial charge in [0.05, 0.1) is 5.60 Å². The molecular weight excluding hydrogens is 237 g/mol. The number of hydrogen-bond acceptors (Lipinski definition) is 3. The predicted octanol–water partition coefficient (Wildman–Crippen LogP) is 2.44. The van der Waals surface area contributed by atoms with Crippen LogP contribution in [0.5, 0.6) is 5.75 Å². The molecule has 0 heterocycles. The van der Waals surface area contributed by atoms with E-state index in [1.54, 1.807) is 6.92 Å². The quantitative estimate of drug-likeness (QED) is 0.841. The Morgan fingerprint density at radius 1 is 1.28 bits per heavy atom. The van der Waals surface area contributed by atoms with Crippen molar-refractivity contribution in [2.24, 2.45) is 0 Å². The van der Waals surface area contributed by atoms with Crippen molar-refractivity contribution in [2.75, 3.05) is 0 Å². The topological polar surface area (TPSA) is 47.6 Å². The van der Waals surface area contributed by atoms with Crippen molar-refractivity contribution in [1.29, 1.82) is 0 Å². The zero-order chi connectivity index (χ0) is 13.8. The van der Waals surface area contributed by atoms with E-state index < -0.39 is 17.6 Å². The molecule has 5 heteroatoms. The molecule has 1 N–H and O–H groups in total. The number of benzene rings is 1. The van der Waals surface area contributed by atoms with Gasteiger partial charge in [0.15, 0.2) is 6.10 Å². The van der Waals surface area contributed by atoms with E-state index in [0.29, 0.717) is 5.75 Å². The monoisotopic (exact) mass is 255 g/mol. The number of amides is 1. The van der Waals surface area contributed by atoms with Gasteiger partial charge in [-0.05, 0) is 52.0 Å². The van der Waals surface area contributed by atoms with E-state index in [2.05, 4.69) is 5.48 Å². The third-order valence-corrected chi connectivity index (χ3v) is 1.95. The number of carbonyl (C=O) groups is 1. The minimum Gasteiger partial charge on any atom is -0.481 e. The number of nitrogens with one attached hydrogen (secondary N) is 1. The third kappa shape index (κ3) is 5.14. The van der Waals surface area contributed by atoms with Gasteiger partial charge in [-0.2, -0.15) is 0 Å². The van der Waals surface area contributed by atoms with Crippen molar-refractivity contribution in [3.8, 4) is 5.75 Å². The molecule has 0 saturated heterocycles. The highest BCUT2D eigenvalue weighted by molar-refractivity contribution is 5.79. The van der Waals surface area contributed by atoms with Gasteiger partial charge in [-0.3, -0.25) is 9.63 Å². The summed E-state index contributed by atoms with van der Waals surface area (Å²) in [5, 5.41) is 0. The molecule has 0 fully saturated rings. The van der Waals surface area contributed by atoms with Gasteiger partial charge < -0.3 is 4.74 Å². The summed E-state index contributed by atoms with van der Waals surface area (Å²) in [5.41, 5.74) is 1.85. The fraction of sp³-hybridized carbons (Fsp3) is 0.462. The van der Waals surface area contributed by atoms with E-state index >= 15 is 0 Å². The Bertz CT molecular complexity index is 398. The van der Waals surface area contributed by atoms with E-state index in [-0.39, 0.29) is 5.82 Å². The average molecular weight is 255 g/mol. The van der Waals surface area contributed by atoms with Crippen molar-refractivity contribution in [3.63, 3.8) is 0 Å². The number of hydrogen-bond donors (Lipinski definition) is 1. The van der Waals surface area contributed by atoms with E-state index in [4.69, 9.17) is 9.57 Å². The summed E-state index contributed by atoms with van der Waals surface area (Å²) in [5.74, 6) is -0.320.